The Morgan fingerprint density at radius 1 is 1.16 bits per heavy atom. The molecular weight excluding hydrogens is 244 g/mol. The third kappa shape index (κ3) is 2.66. The monoisotopic (exact) mass is 260 g/mol. The van der Waals surface area contributed by atoms with E-state index in [-0.39, 0.29) is 6.61 Å². The van der Waals surface area contributed by atoms with E-state index in [0.29, 0.717) is 28.6 Å². The minimum absolute atomic E-state index is 0.107. The molecule has 0 atom stereocenters. The highest BCUT2D eigenvalue weighted by Gasteiger charge is 2.11. The lowest BCUT2D eigenvalue weighted by atomic mass is 10.1. The molecule has 2 aromatic rings. The van der Waals surface area contributed by atoms with Crippen LogP contribution in [0.2, 0.25) is 0 Å². The van der Waals surface area contributed by atoms with E-state index < -0.39 is 0 Å². The first-order valence-corrected chi connectivity index (χ1v) is 5.85. The predicted molar refractivity (Wildman–Crippen MR) is 71.2 cm³/mol. The van der Waals surface area contributed by atoms with Gasteiger partial charge < -0.3 is 14.6 Å². The van der Waals surface area contributed by atoms with Gasteiger partial charge in [-0.1, -0.05) is 0 Å². The van der Waals surface area contributed by atoms with Gasteiger partial charge in [0, 0.05) is 17.3 Å². The molecule has 1 aromatic heterocycles. The van der Waals surface area contributed by atoms with Gasteiger partial charge in [0.2, 0.25) is 0 Å². The Bertz CT molecular complexity index is 585. The maximum absolute atomic E-state index is 9.36. The summed E-state index contributed by atoms with van der Waals surface area (Å²) in [6.07, 6.45) is 1.63. The van der Waals surface area contributed by atoms with Crippen LogP contribution < -0.4 is 9.47 Å². The van der Waals surface area contributed by atoms with Gasteiger partial charge in [-0.25, -0.2) is 9.97 Å². The fraction of sp³-hybridized carbons (Fsp3) is 0.286. The minimum atomic E-state index is -0.107. The van der Waals surface area contributed by atoms with E-state index in [0.717, 1.165) is 5.56 Å². The van der Waals surface area contributed by atoms with Gasteiger partial charge in [0.15, 0.2) is 11.5 Å². The summed E-state index contributed by atoms with van der Waals surface area (Å²) in [5.41, 5.74) is 2.24. The van der Waals surface area contributed by atoms with E-state index in [1.54, 1.807) is 20.4 Å². The van der Waals surface area contributed by atoms with Crippen molar-refractivity contribution >= 4 is 0 Å². The molecule has 1 aromatic carbocycles. The number of benzene rings is 1. The molecule has 0 unspecified atom stereocenters. The Morgan fingerprint density at radius 2 is 1.89 bits per heavy atom. The molecule has 0 saturated carbocycles. The highest BCUT2D eigenvalue weighted by atomic mass is 16.5. The number of hydrogen-bond acceptors (Lipinski definition) is 5. The van der Waals surface area contributed by atoms with Gasteiger partial charge in [-0.3, -0.25) is 0 Å². The zero-order valence-corrected chi connectivity index (χ0v) is 11.2. The second-order valence-corrected chi connectivity index (χ2v) is 4.02. The number of hydrogen-bond donors (Lipinski definition) is 1. The molecule has 5 heteroatoms. The van der Waals surface area contributed by atoms with E-state index in [1.165, 1.54) is 0 Å². The number of aliphatic hydroxyl groups excluding tert-OH is 1. The topological polar surface area (TPSA) is 64.5 Å². The van der Waals surface area contributed by atoms with Crippen molar-refractivity contribution in [1.82, 2.24) is 9.97 Å². The zero-order chi connectivity index (χ0) is 13.8. The Hall–Kier alpha value is -2.14. The van der Waals surface area contributed by atoms with Crippen LogP contribution in [0.15, 0.2) is 24.4 Å². The molecule has 5 nitrogen and oxygen atoms in total. The highest BCUT2D eigenvalue weighted by molar-refractivity contribution is 5.66. The molecule has 100 valence electrons. The molecule has 0 bridgehead atoms. The van der Waals surface area contributed by atoms with Crippen molar-refractivity contribution in [1.29, 1.82) is 0 Å². The Kier molecular flexibility index (Phi) is 3.97. The first-order valence-electron chi connectivity index (χ1n) is 5.85. The second kappa shape index (κ2) is 5.67. The fourth-order valence-corrected chi connectivity index (χ4v) is 1.84. The molecule has 0 aliphatic carbocycles. The third-order valence-electron chi connectivity index (χ3n) is 2.81. The van der Waals surface area contributed by atoms with Crippen molar-refractivity contribution in [3.8, 4) is 22.8 Å². The average Bonchev–Trinajstić information content (AvgIpc) is 2.46. The number of rotatable bonds is 4. The van der Waals surface area contributed by atoms with Crippen molar-refractivity contribution in [2.45, 2.75) is 13.5 Å². The summed E-state index contributed by atoms with van der Waals surface area (Å²) >= 11 is 0. The largest absolute Gasteiger partial charge is 0.493 e. The van der Waals surface area contributed by atoms with E-state index in [1.807, 2.05) is 25.1 Å². The van der Waals surface area contributed by atoms with Crippen LogP contribution in [-0.4, -0.2) is 29.3 Å². The standard InChI is InChI=1S/C14H16N2O3/c1-9-15-7-11(8-17)14(16-9)10-4-5-12(18-2)13(6-10)19-3/h4-7,17H,8H2,1-3H3. The summed E-state index contributed by atoms with van der Waals surface area (Å²) in [4.78, 5) is 8.46. The number of ether oxygens (including phenoxy) is 2. The van der Waals surface area contributed by atoms with Crippen LogP contribution in [-0.2, 0) is 6.61 Å². The lowest BCUT2D eigenvalue weighted by Crippen LogP contribution is -1.99. The predicted octanol–water partition coefficient (Wildman–Crippen LogP) is 1.96. The summed E-state index contributed by atoms with van der Waals surface area (Å²) < 4.78 is 10.5. The van der Waals surface area contributed by atoms with Crippen LogP contribution in [0.3, 0.4) is 0 Å². The normalized spacial score (nSPS) is 10.3. The van der Waals surface area contributed by atoms with E-state index in [2.05, 4.69) is 9.97 Å². The molecule has 0 fully saturated rings. The molecule has 2 rings (SSSR count). The second-order valence-electron chi connectivity index (χ2n) is 4.02. The van der Waals surface area contributed by atoms with Crippen molar-refractivity contribution in [3.63, 3.8) is 0 Å². The summed E-state index contributed by atoms with van der Waals surface area (Å²) in [6.45, 7) is 1.70. The molecule has 1 N–H and O–H groups in total. The van der Waals surface area contributed by atoms with Gasteiger partial charge in [-0.15, -0.1) is 0 Å². The Morgan fingerprint density at radius 3 is 2.53 bits per heavy atom. The van der Waals surface area contributed by atoms with Crippen LogP contribution in [0.5, 0.6) is 11.5 Å². The molecule has 0 saturated heterocycles. The van der Waals surface area contributed by atoms with Gasteiger partial charge in [0.25, 0.3) is 0 Å². The lowest BCUT2D eigenvalue weighted by Gasteiger charge is -2.11. The highest BCUT2D eigenvalue weighted by Crippen LogP contribution is 2.32. The maximum Gasteiger partial charge on any atom is 0.161 e. The summed E-state index contributed by atoms with van der Waals surface area (Å²) in [5, 5.41) is 9.36. The molecule has 0 radical (unpaired) electrons. The molecule has 0 spiro atoms. The number of methoxy groups -OCH3 is 2. The zero-order valence-electron chi connectivity index (χ0n) is 11.2. The first-order chi connectivity index (χ1) is 9.19. The van der Waals surface area contributed by atoms with Crippen LogP contribution >= 0.6 is 0 Å². The number of aryl methyl sites for hydroxylation is 1. The van der Waals surface area contributed by atoms with E-state index in [4.69, 9.17) is 9.47 Å². The number of nitrogens with zero attached hydrogens (tertiary/aromatic N) is 2. The third-order valence-corrected chi connectivity index (χ3v) is 2.81. The SMILES string of the molecule is COc1ccc(-c2nc(C)ncc2CO)cc1OC. The lowest BCUT2D eigenvalue weighted by molar-refractivity contribution is 0.281. The molecule has 19 heavy (non-hydrogen) atoms. The molecule has 0 aliphatic heterocycles. The maximum atomic E-state index is 9.36. The van der Waals surface area contributed by atoms with E-state index in [9.17, 15) is 5.11 Å². The fourth-order valence-electron chi connectivity index (χ4n) is 1.84. The van der Waals surface area contributed by atoms with Crippen LogP contribution in [0.25, 0.3) is 11.3 Å². The number of aliphatic hydroxyl groups is 1. The van der Waals surface area contributed by atoms with Gasteiger partial charge in [-0.2, -0.15) is 0 Å². The molecule has 0 aliphatic rings. The van der Waals surface area contributed by atoms with Crippen molar-refractivity contribution in [2.24, 2.45) is 0 Å². The van der Waals surface area contributed by atoms with Crippen molar-refractivity contribution in [3.05, 3.63) is 35.8 Å². The molecular formula is C14H16N2O3. The van der Waals surface area contributed by atoms with Gasteiger partial charge in [0.05, 0.1) is 26.5 Å². The summed E-state index contributed by atoms with van der Waals surface area (Å²) in [7, 11) is 3.17. The Balaban J connectivity index is 2.55. The van der Waals surface area contributed by atoms with Crippen LogP contribution in [0.1, 0.15) is 11.4 Å². The smallest absolute Gasteiger partial charge is 0.161 e. The quantitative estimate of drug-likeness (QED) is 0.910. The van der Waals surface area contributed by atoms with Gasteiger partial charge in [-0.05, 0) is 25.1 Å². The number of aromatic nitrogens is 2. The van der Waals surface area contributed by atoms with Crippen LogP contribution in [0.4, 0.5) is 0 Å². The van der Waals surface area contributed by atoms with Gasteiger partial charge in [0.1, 0.15) is 5.82 Å². The first kappa shape index (κ1) is 13.3. The minimum Gasteiger partial charge on any atom is -0.493 e. The Labute approximate surface area is 111 Å². The van der Waals surface area contributed by atoms with Crippen LogP contribution in [0, 0.1) is 6.92 Å². The van der Waals surface area contributed by atoms with E-state index >= 15 is 0 Å². The molecule has 1 heterocycles. The van der Waals surface area contributed by atoms with Gasteiger partial charge >= 0.3 is 0 Å². The average molecular weight is 260 g/mol. The molecule has 0 amide bonds. The van der Waals surface area contributed by atoms with Crippen molar-refractivity contribution < 1.29 is 14.6 Å². The summed E-state index contributed by atoms with van der Waals surface area (Å²) in [6, 6.07) is 5.52. The van der Waals surface area contributed by atoms with Crippen molar-refractivity contribution in [2.75, 3.05) is 14.2 Å². The summed E-state index contributed by atoms with van der Waals surface area (Å²) in [5.74, 6) is 1.93.